The van der Waals surface area contributed by atoms with Crippen LogP contribution in [0, 0.1) is 17.8 Å². The van der Waals surface area contributed by atoms with Crippen molar-refractivity contribution >= 4 is 11.3 Å². The first-order chi connectivity index (χ1) is 8.09. The highest BCUT2D eigenvalue weighted by molar-refractivity contribution is 7.09. The Morgan fingerprint density at radius 3 is 2.17 bits per heavy atom. The van der Waals surface area contributed by atoms with Crippen molar-refractivity contribution < 1.29 is 0 Å². The molecule has 1 aliphatic rings. The first-order valence-corrected chi connectivity index (χ1v) is 7.67. The van der Waals surface area contributed by atoms with Gasteiger partial charge in [0.05, 0.1) is 5.01 Å². The largest absolute Gasteiger partial charge is 0.325 e. The Balaban J connectivity index is 2.19. The van der Waals surface area contributed by atoms with Crippen molar-refractivity contribution in [3.05, 3.63) is 16.1 Å². The molecule has 0 aromatic carbocycles. The molecule has 1 fully saturated rings. The Bertz CT molecular complexity index is 415. The van der Waals surface area contributed by atoms with Gasteiger partial charge in [-0.15, -0.1) is 11.3 Å². The molecule has 2 nitrogen and oxygen atoms in total. The first kappa shape index (κ1) is 14.0. The maximum Gasteiger partial charge on any atom is 0.0946 e. The van der Waals surface area contributed by atoms with Crippen LogP contribution in [0.2, 0.25) is 0 Å². The summed E-state index contributed by atoms with van der Waals surface area (Å²) in [4.78, 5) is 4.58. The van der Waals surface area contributed by atoms with E-state index in [0.717, 1.165) is 25.0 Å². The van der Waals surface area contributed by atoms with Crippen molar-refractivity contribution in [3.63, 3.8) is 0 Å². The van der Waals surface area contributed by atoms with Gasteiger partial charge in [0, 0.05) is 23.0 Å². The van der Waals surface area contributed by atoms with Crippen molar-refractivity contribution in [3.8, 4) is 0 Å². The predicted octanol–water partition coefficient (Wildman–Crippen LogP) is 3.93. The molecule has 1 aromatic rings. The predicted molar refractivity (Wildman–Crippen MR) is 78.9 cm³/mol. The number of nitrogens with zero attached hydrogens (tertiary/aromatic N) is 1. The van der Waals surface area contributed by atoms with Gasteiger partial charge in [-0.3, -0.25) is 0 Å². The summed E-state index contributed by atoms with van der Waals surface area (Å²) in [5.41, 5.74) is 8.42. The van der Waals surface area contributed by atoms with Crippen LogP contribution in [-0.2, 0) is 6.42 Å². The van der Waals surface area contributed by atoms with Crippen LogP contribution in [0.5, 0.6) is 0 Å². The third kappa shape index (κ3) is 3.33. The highest BCUT2D eigenvalue weighted by Gasteiger charge is 2.45. The van der Waals surface area contributed by atoms with Gasteiger partial charge in [0.15, 0.2) is 0 Å². The summed E-state index contributed by atoms with van der Waals surface area (Å²) >= 11 is 1.75. The average Bonchev–Trinajstić information content (AvgIpc) is 2.42. The zero-order valence-corrected chi connectivity index (χ0v) is 13.2. The molecule has 1 heterocycles. The fourth-order valence-electron chi connectivity index (χ4n) is 4.30. The van der Waals surface area contributed by atoms with Gasteiger partial charge in [-0.05, 0) is 37.0 Å². The van der Waals surface area contributed by atoms with Crippen molar-refractivity contribution in [2.75, 3.05) is 0 Å². The third-order valence-corrected chi connectivity index (χ3v) is 4.75. The smallest absolute Gasteiger partial charge is 0.0946 e. The molecule has 102 valence electrons. The number of nitrogens with two attached hydrogens (primary N) is 1. The van der Waals surface area contributed by atoms with E-state index in [1.165, 1.54) is 11.4 Å². The van der Waals surface area contributed by atoms with E-state index in [1.807, 2.05) is 0 Å². The molecular weight excluding hydrogens is 240 g/mol. The zero-order valence-electron chi connectivity index (χ0n) is 12.3. The van der Waals surface area contributed by atoms with Gasteiger partial charge in [-0.2, -0.15) is 0 Å². The van der Waals surface area contributed by atoms with Crippen LogP contribution in [0.15, 0.2) is 5.38 Å². The van der Waals surface area contributed by atoms with E-state index in [9.17, 15) is 0 Å². The maximum absolute atomic E-state index is 6.72. The van der Waals surface area contributed by atoms with Crippen LogP contribution < -0.4 is 5.73 Å². The van der Waals surface area contributed by atoms with Crippen LogP contribution in [0.1, 0.15) is 57.7 Å². The molecule has 1 aliphatic carbocycles. The van der Waals surface area contributed by atoms with Gasteiger partial charge in [0.25, 0.3) is 0 Å². The van der Waals surface area contributed by atoms with E-state index in [4.69, 9.17) is 5.73 Å². The third-order valence-electron chi connectivity index (χ3n) is 3.79. The SMILES string of the molecule is Cc1csc(CC2(N)CC(C)(C)CC(C)(C)C2)n1. The van der Waals surface area contributed by atoms with E-state index in [1.54, 1.807) is 11.3 Å². The van der Waals surface area contributed by atoms with E-state index < -0.39 is 0 Å². The number of hydrogen-bond donors (Lipinski definition) is 1. The molecule has 0 atom stereocenters. The quantitative estimate of drug-likeness (QED) is 0.881. The molecule has 2 N–H and O–H groups in total. The lowest BCUT2D eigenvalue weighted by Crippen LogP contribution is -2.53. The van der Waals surface area contributed by atoms with Crippen molar-refractivity contribution in [1.82, 2.24) is 4.98 Å². The van der Waals surface area contributed by atoms with Gasteiger partial charge in [-0.1, -0.05) is 27.7 Å². The molecule has 3 heteroatoms. The first-order valence-electron chi connectivity index (χ1n) is 6.79. The second-order valence-corrected chi connectivity index (χ2v) is 8.72. The Labute approximate surface area is 115 Å². The summed E-state index contributed by atoms with van der Waals surface area (Å²) in [6.45, 7) is 11.5. The Hall–Kier alpha value is -0.410. The van der Waals surface area contributed by atoms with E-state index >= 15 is 0 Å². The Morgan fingerprint density at radius 2 is 1.72 bits per heavy atom. The van der Waals surface area contributed by atoms with Crippen LogP contribution in [-0.4, -0.2) is 10.5 Å². The number of rotatable bonds is 2. The zero-order chi connectivity index (χ0) is 13.6. The molecule has 0 spiro atoms. The molecule has 0 saturated heterocycles. The second-order valence-electron chi connectivity index (χ2n) is 7.78. The summed E-state index contributed by atoms with van der Waals surface area (Å²) in [6, 6.07) is 0. The lowest BCUT2D eigenvalue weighted by Gasteiger charge is -2.50. The van der Waals surface area contributed by atoms with Crippen molar-refractivity contribution in [2.45, 2.75) is 65.8 Å². The van der Waals surface area contributed by atoms with E-state index in [0.29, 0.717) is 10.8 Å². The van der Waals surface area contributed by atoms with Gasteiger partial charge >= 0.3 is 0 Å². The van der Waals surface area contributed by atoms with Crippen LogP contribution in [0.4, 0.5) is 0 Å². The lowest BCUT2D eigenvalue weighted by molar-refractivity contribution is 0.0487. The average molecular weight is 266 g/mol. The number of aryl methyl sites for hydroxylation is 1. The van der Waals surface area contributed by atoms with Crippen molar-refractivity contribution in [1.29, 1.82) is 0 Å². The molecule has 2 rings (SSSR count). The Kier molecular flexibility index (Phi) is 3.35. The van der Waals surface area contributed by atoms with Gasteiger partial charge in [-0.25, -0.2) is 4.98 Å². The monoisotopic (exact) mass is 266 g/mol. The number of hydrogen-bond acceptors (Lipinski definition) is 3. The topological polar surface area (TPSA) is 38.9 Å². The highest BCUT2D eigenvalue weighted by Crippen LogP contribution is 2.50. The molecule has 1 saturated carbocycles. The summed E-state index contributed by atoms with van der Waals surface area (Å²) in [6.07, 6.45) is 4.39. The summed E-state index contributed by atoms with van der Waals surface area (Å²) in [5.74, 6) is 0. The molecule has 0 bridgehead atoms. The fourth-order valence-corrected chi connectivity index (χ4v) is 5.23. The lowest BCUT2D eigenvalue weighted by atomic mass is 9.58. The molecule has 0 radical (unpaired) electrons. The molecule has 0 aliphatic heterocycles. The van der Waals surface area contributed by atoms with Crippen LogP contribution in [0.3, 0.4) is 0 Å². The van der Waals surface area contributed by atoms with Crippen LogP contribution in [0.25, 0.3) is 0 Å². The molecular formula is C15H26N2S. The molecule has 0 amide bonds. The molecule has 0 unspecified atom stereocenters. The van der Waals surface area contributed by atoms with Gasteiger partial charge < -0.3 is 5.73 Å². The van der Waals surface area contributed by atoms with E-state index in [-0.39, 0.29) is 5.54 Å². The van der Waals surface area contributed by atoms with Gasteiger partial charge in [0.1, 0.15) is 0 Å². The minimum atomic E-state index is -0.0878. The normalized spacial score (nSPS) is 25.0. The van der Waals surface area contributed by atoms with Gasteiger partial charge in [0.2, 0.25) is 0 Å². The molecule has 18 heavy (non-hydrogen) atoms. The van der Waals surface area contributed by atoms with E-state index in [2.05, 4.69) is 45.0 Å². The minimum absolute atomic E-state index is 0.0878. The second kappa shape index (κ2) is 4.31. The Morgan fingerprint density at radius 1 is 1.17 bits per heavy atom. The standard InChI is InChI=1S/C15H26N2S/c1-11-7-18-12(17-11)6-15(16)9-13(2,3)8-14(4,5)10-15/h7H,6,8-10,16H2,1-5H3. The summed E-state index contributed by atoms with van der Waals surface area (Å²) < 4.78 is 0. The summed E-state index contributed by atoms with van der Waals surface area (Å²) in [7, 11) is 0. The highest BCUT2D eigenvalue weighted by atomic mass is 32.1. The fraction of sp³-hybridized carbons (Fsp3) is 0.800. The number of aromatic nitrogens is 1. The van der Waals surface area contributed by atoms with Crippen molar-refractivity contribution in [2.24, 2.45) is 16.6 Å². The summed E-state index contributed by atoms with van der Waals surface area (Å²) in [5, 5.41) is 3.32. The maximum atomic E-state index is 6.72. The number of thiazole rings is 1. The molecule has 1 aromatic heterocycles. The van der Waals surface area contributed by atoms with Crippen LogP contribution >= 0.6 is 11.3 Å². The minimum Gasteiger partial charge on any atom is -0.325 e.